The maximum atomic E-state index is 11.0. The number of rotatable bonds is 6. The van der Waals surface area contributed by atoms with Crippen LogP contribution in [0.25, 0.3) is 0 Å². The standard InChI is InChI=1S/C8H14N4O3/c1-14-4-3-12-6(5-15-2)7(8(9)13)10-11-12/h3-5H2,1-2H3,(H2,9,13). The van der Waals surface area contributed by atoms with E-state index in [0.717, 1.165) is 0 Å². The molecule has 0 spiro atoms. The van der Waals surface area contributed by atoms with Crippen LogP contribution in [0.15, 0.2) is 0 Å². The topological polar surface area (TPSA) is 92.3 Å². The van der Waals surface area contributed by atoms with Gasteiger partial charge in [-0.05, 0) is 0 Å². The highest BCUT2D eigenvalue weighted by molar-refractivity contribution is 5.91. The van der Waals surface area contributed by atoms with Crippen molar-refractivity contribution in [1.29, 1.82) is 0 Å². The minimum absolute atomic E-state index is 0.146. The molecule has 7 nitrogen and oxygen atoms in total. The van der Waals surface area contributed by atoms with Crippen LogP contribution in [0, 0.1) is 0 Å². The third kappa shape index (κ3) is 2.74. The number of nitrogens with zero attached hydrogens (tertiary/aromatic N) is 3. The number of hydrogen-bond donors (Lipinski definition) is 1. The Labute approximate surface area is 87.1 Å². The highest BCUT2D eigenvalue weighted by Crippen LogP contribution is 2.06. The molecule has 0 radical (unpaired) electrons. The number of primary amides is 1. The molecule has 1 aromatic heterocycles. The van der Waals surface area contributed by atoms with Crippen molar-refractivity contribution in [3.8, 4) is 0 Å². The molecular formula is C8H14N4O3. The second kappa shape index (κ2) is 5.42. The first-order valence-electron chi connectivity index (χ1n) is 4.40. The van der Waals surface area contributed by atoms with Crippen molar-refractivity contribution in [2.75, 3.05) is 20.8 Å². The largest absolute Gasteiger partial charge is 0.383 e. The van der Waals surface area contributed by atoms with E-state index in [1.54, 1.807) is 11.8 Å². The van der Waals surface area contributed by atoms with Gasteiger partial charge in [0.25, 0.3) is 5.91 Å². The number of carbonyl (C=O) groups is 1. The van der Waals surface area contributed by atoms with Gasteiger partial charge in [-0.2, -0.15) is 0 Å². The van der Waals surface area contributed by atoms with E-state index in [1.165, 1.54) is 7.11 Å². The van der Waals surface area contributed by atoms with E-state index in [9.17, 15) is 4.79 Å². The molecule has 1 amide bonds. The van der Waals surface area contributed by atoms with Gasteiger partial charge in [0.2, 0.25) is 0 Å². The van der Waals surface area contributed by atoms with E-state index in [4.69, 9.17) is 15.2 Å². The lowest BCUT2D eigenvalue weighted by Crippen LogP contribution is -2.16. The van der Waals surface area contributed by atoms with Crippen molar-refractivity contribution in [3.05, 3.63) is 11.4 Å². The average molecular weight is 214 g/mol. The molecule has 1 heterocycles. The summed E-state index contributed by atoms with van der Waals surface area (Å²) in [6.45, 7) is 1.24. The summed E-state index contributed by atoms with van der Waals surface area (Å²) in [5.41, 5.74) is 5.86. The molecule has 0 aromatic carbocycles. The van der Waals surface area contributed by atoms with E-state index in [-0.39, 0.29) is 12.3 Å². The first-order chi connectivity index (χ1) is 7.20. The van der Waals surface area contributed by atoms with Gasteiger partial charge in [-0.1, -0.05) is 5.21 Å². The summed E-state index contributed by atoms with van der Waals surface area (Å²) in [4.78, 5) is 11.0. The Balaban J connectivity index is 2.90. The van der Waals surface area contributed by atoms with Crippen molar-refractivity contribution in [1.82, 2.24) is 15.0 Å². The summed E-state index contributed by atoms with van der Waals surface area (Å²) in [6.07, 6.45) is 0. The number of methoxy groups -OCH3 is 2. The van der Waals surface area contributed by atoms with E-state index >= 15 is 0 Å². The van der Waals surface area contributed by atoms with Crippen LogP contribution < -0.4 is 5.73 Å². The first-order valence-corrected chi connectivity index (χ1v) is 4.40. The van der Waals surface area contributed by atoms with Gasteiger partial charge < -0.3 is 15.2 Å². The minimum atomic E-state index is -0.606. The fourth-order valence-corrected chi connectivity index (χ4v) is 1.16. The number of ether oxygens (including phenoxy) is 2. The Morgan fingerprint density at radius 3 is 2.73 bits per heavy atom. The molecule has 0 unspecified atom stereocenters. The van der Waals surface area contributed by atoms with Crippen LogP contribution in [0.3, 0.4) is 0 Å². The van der Waals surface area contributed by atoms with Gasteiger partial charge in [-0.25, -0.2) is 4.68 Å². The maximum absolute atomic E-state index is 11.0. The number of amides is 1. The van der Waals surface area contributed by atoms with Gasteiger partial charge in [0.15, 0.2) is 5.69 Å². The quantitative estimate of drug-likeness (QED) is 0.667. The summed E-state index contributed by atoms with van der Waals surface area (Å²) >= 11 is 0. The van der Waals surface area contributed by atoms with Gasteiger partial charge in [-0.15, -0.1) is 5.10 Å². The van der Waals surface area contributed by atoms with Crippen LogP contribution in [0.2, 0.25) is 0 Å². The number of carbonyl (C=O) groups excluding carboxylic acids is 1. The van der Waals surface area contributed by atoms with Crippen LogP contribution in [0.1, 0.15) is 16.2 Å². The summed E-state index contributed by atoms with van der Waals surface area (Å²) in [7, 11) is 3.11. The smallest absolute Gasteiger partial charge is 0.271 e. The highest BCUT2D eigenvalue weighted by Gasteiger charge is 2.16. The van der Waals surface area contributed by atoms with Crippen molar-refractivity contribution in [3.63, 3.8) is 0 Å². The van der Waals surface area contributed by atoms with E-state index in [0.29, 0.717) is 18.8 Å². The lowest BCUT2D eigenvalue weighted by molar-refractivity contribution is 0.0989. The van der Waals surface area contributed by atoms with E-state index in [1.807, 2.05) is 0 Å². The molecule has 0 saturated carbocycles. The van der Waals surface area contributed by atoms with Crippen LogP contribution in [-0.2, 0) is 22.6 Å². The molecule has 0 saturated heterocycles. The molecule has 15 heavy (non-hydrogen) atoms. The first kappa shape index (κ1) is 11.6. The molecule has 7 heteroatoms. The van der Waals surface area contributed by atoms with Crippen molar-refractivity contribution in [2.24, 2.45) is 5.73 Å². The number of aromatic nitrogens is 3. The monoisotopic (exact) mass is 214 g/mol. The molecule has 1 aromatic rings. The summed E-state index contributed by atoms with van der Waals surface area (Å²) in [5.74, 6) is -0.606. The summed E-state index contributed by atoms with van der Waals surface area (Å²) in [5, 5.41) is 7.49. The molecule has 2 N–H and O–H groups in total. The van der Waals surface area contributed by atoms with Crippen LogP contribution in [0.4, 0.5) is 0 Å². The Morgan fingerprint density at radius 2 is 2.20 bits per heavy atom. The van der Waals surface area contributed by atoms with Crippen LogP contribution in [0.5, 0.6) is 0 Å². The van der Waals surface area contributed by atoms with Crippen molar-refractivity contribution >= 4 is 5.91 Å². The zero-order chi connectivity index (χ0) is 11.3. The van der Waals surface area contributed by atoms with Gasteiger partial charge in [-0.3, -0.25) is 4.79 Å². The fourth-order valence-electron chi connectivity index (χ4n) is 1.16. The van der Waals surface area contributed by atoms with Gasteiger partial charge in [0.05, 0.1) is 25.5 Å². The predicted molar refractivity (Wildman–Crippen MR) is 51.1 cm³/mol. The summed E-state index contributed by atoms with van der Waals surface area (Å²) in [6, 6.07) is 0. The van der Waals surface area contributed by atoms with Gasteiger partial charge in [0.1, 0.15) is 0 Å². The normalized spacial score (nSPS) is 10.5. The third-order valence-corrected chi connectivity index (χ3v) is 1.86. The molecule has 0 fully saturated rings. The van der Waals surface area contributed by atoms with Gasteiger partial charge >= 0.3 is 0 Å². The molecule has 1 rings (SSSR count). The molecule has 0 bridgehead atoms. The fraction of sp³-hybridized carbons (Fsp3) is 0.625. The lowest BCUT2D eigenvalue weighted by Gasteiger charge is -2.05. The van der Waals surface area contributed by atoms with E-state index < -0.39 is 5.91 Å². The van der Waals surface area contributed by atoms with Crippen LogP contribution in [-0.4, -0.2) is 41.7 Å². The summed E-state index contributed by atoms with van der Waals surface area (Å²) < 4.78 is 11.4. The molecule has 0 aliphatic rings. The predicted octanol–water partition coefficient (Wildman–Crippen LogP) is -0.830. The highest BCUT2D eigenvalue weighted by atomic mass is 16.5. The molecular weight excluding hydrogens is 200 g/mol. The Hall–Kier alpha value is -1.47. The average Bonchev–Trinajstić information content (AvgIpc) is 2.59. The zero-order valence-corrected chi connectivity index (χ0v) is 8.77. The minimum Gasteiger partial charge on any atom is -0.383 e. The molecule has 0 aliphatic heterocycles. The van der Waals surface area contributed by atoms with E-state index in [2.05, 4.69) is 10.3 Å². The Morgan fingerprint density at radius 1 is 1.47 bits per heavy atom. The second-order valence-corrected chi connectivity index (χ2v) is 2.90. The number of nitrogens with two attached hydrogens (primary N) is 1. The lowest BCUT2D eigenvalue weighted by atomic mass is 10.3. The van der Waals surface area contributed by atoms with Crippen molar-refractivity contribution in [2.45, 2.75) is 13.2 Å². The second-order valence-electron chi connectivity index (χ2n) is 2.90. The zero-order valence-electron chi connectivity index (χ0n) is 8.77. The van der Waals surface area contributed by atoms with Crippen LogP contribution >= 0.6 is 0 Å². The maximum Gasteiger partial charge on any atom is 0.271 e. The third-order valence-electron chi connectivity index (χ3n) is 1.86. The number of hydrogen-bond acceptors (Lipinski definition) is 5. The van der Waals surface area contributed by atoms with Gasteiger partial charge in [0, 0.05) is 14.2 Å². The molecule has 0 aliphatic carbocycles. The Kier molecular flexibility index (Phi) is 4.19. The Bertz CT molecular complexity index is 337. The molecule has 0 atom stereocenters. The SMILES string of the molecule is COCCn1nnc(C(N)=O)c1COC. The molecule has 84 valence electrons. The van der Waals surface area contributed by atoms with Crippen molar-refractivity contribution < 1.29 is 14.3 Å².